The topological polar surface area (TPSA) is 96.0 Å². The predicted octanol–water partition coefficient (Wildman–Crippen LogP) is 4.35. The van der Waals surface area contributed by atoms with Gasteiger partial charge < -0.3 is 15.0 Å². The Morgan fingerprint density at radius 2 is 1.81 bits per heavy atom. The van der Waals surface area contributed by atoms with Gasteiger partial charge in [-0.3, -0.25) is 13.9 Å². The van der Waals surface area contributed by atoms with Crippen LogP contribution >= 0.6 is 27.5 Å². The highest BCUT2D eigenvalue weighted by molar-refractivity contribution is 9.10. The van der Waals surface area contributed by atoms with E-state index in [-0.39, 0.29) is 29.9 Å². The maximum atomic E-state index is 13.7. The third-order valence-corrected chi connectivity index (χ3v) is 8.11. The Kier molecular flexibility index (Phi) is 9.66. The fraction of sp³-hybridized carbons (Fsp3) is 0.440. The van der Waals surface area contributed by atoms with Crippen LogP contribution in [0.2, 0.25) is 5.02 Å². The molecule has 0 spiro atoms. The molecular formula is C25H31BrClN3O5S. The Balaban J connectivity index is 1.92. The van der Waals surface area contributed by atoms with Gasteiger partial charge in [-0.05, 0) is 55.7 Å². The van der Waals surface area contributed by atoms with Gasteiger partial charge in [0.1, 0.15) is 18.3 Å². The van der Waals surface area contributed by atoms with Crippen LogP contribution in [0.4, 0.5) is 5.69 Å². The first kappa shape index (κ1) is 28.3. The number of sulfonamides is 1. The molecular weight excluding hydrogens is 570 g/mol. The lowest BCUT2D eigenvalue weighted by Crippen LogP contribution is -2.52. The molecule has 3 rings (SSSR count). The van der Waals surface area contributed by atoms with E-state index in [0.717, 1.165) is 46.3 Å². The highest BCUT2D eigenvalue weighted by Crippen LogP contribution is 2.33. The summed E-state index contributed by atoms with van der Waals surface area (Å²) in [5, 5.41) is 3.33. The second kappa shape index (κ2) is 12.3. The number of carbonyl (C=O) groups is 2. The van der Waals surface area contributed by atoms with Gasteiger partial charge in [0.15, 0.2) is 0 Å². The summed E-state index contributed by atoms with van der Waals surface area (Å²) < 4.78 is 32.7. The van der Waals surface area contributed by atoms with Crippen LogP contribution < -0.4 is 14.4 Å². The molecule has 0 aromatic heterocycles. The van der Waals surface area contributed by atoms with Gasteiger partial charge in [-0.15, -0.1) is 0 Å². The lowest BCUT2D eigenvalue weighted by atomic mass is 10.1. The van der Waals surface area contributed by atoms with E-state index >= 15 is 0 Å². The monoisotopic (exact) mass is 599 g/mol. The van der Waals surface area contributed by atoms with E-state index in [1.165, 1.54) is 24.1 Å². The molecule has 1 aliphatic carbocycles. The first-order valence-corrected chi connectivity index (χ1v) is 14.7. The number of carbonyl (C=O) groups excluding carboxylic acids is 2. The Bertz CT molecular complexity index is 1190. The summed E-state index contributed by atoms with van der Waals surface area (Å²) in [5.41, 5.74) is 0.950. The Hall–Kier alpha value is -2.30. The fourth-order valence-electron chi connectivity index (χ4n) is 4.21. The van der Waals surface area contributed by atoms with E-state index in [2.05, 4.69) is 21.2 Å². The molecule has 8 nitrogen and oxygen atoms in total. The molecule has 0 aliphatic heterocycles. The minimum atomic E-state index is -3.90. The predicted molar refractivity (Wildman–Crippen MR) is 145 cm³/mol. The zero-order chi connectivity index (χ0) is 26.5. The first-order valence-electron chi connectivity index (χ1n) is 11.6. The van der Waals surface area contributed by atoms with Crippen molar-refractivity contribution in [2.24, 2.45) is 0 Å². The normalized spacial score (nSPS) is 14.8. The molecule has 1 fully saturated rings. The number of ether oxygens (including phenoxy) is 1. The van der Waals surface area contributed by atoms with Crippen LogP contribution in [0.1, 0.15) is 38.2 Å². The first-order chi connectivity index (χ1) is 17.0. The van der Waals surface area contributed by atoms with Crippen molar-refractivity contribution in [2.75, 3.05) is 24.2 Å². The van der Waals surface area contributed by atoms with Gasteiger partial charge in [-0.25, -0.2) is 8.42 Å². The highest BCUT2D eigenvalue weighted by atomic mass is 79.9. The van der Waals surface area contributed by atoms with Gasteiger partial charge in [-0.2, -0.15) is 0 Å². The number of nitrogens with one attached hydrogen (secondary N) is 1. The zero-order valence-electron chi connectivity index (χ0n) is 20.5. The highest BCUT2D eigenvalue weighted by Gasteiger charge is 2.32. The van der Waals surface area contributed by atoms with Crippen LogP contribution in [0.5, 0.6) is 5.75 Å². The third-order valence-electron chi connectivity index (χ3n) is 6.22. The summed E-state index contributed by atoms with van der Waals surface area (Å²) in [6.07, 6.45) is 4.96. The minimum absolute atomic E-state index is 0.0906. The van der Waals surface area contributed by atoms with Gasteiger partial charge >= 0.3 is 0 Å². The van der Waals surface area contributed by atoms with Crippen LogP contribution in [-0.4, -0.2) is 57.1 Å². The van der Waals surface area contributed by atoms with Gasteiger partial charge in [0.2, 0.25) is 21.8 Å². The molecule has 2 aromatic carbocycles. The van der Waals surface area contributed by atoms with E-state index in [0.29, 0.717) is 5.02 Å². The third kappa shape index (κ3) is 7.36. The van der Waals surface area contributed by atoms with Crippen molar-refractivity contribution < 1.29 is 22.7 Å². The zero-order valence-corrected chi connectivity index (χ0v) is 23.7. The van der Waals surface area contributed by atoms with E-state index in [4.69, 9.17) is 16.3 Å². The smallest absolute Gasteiger partial charge is 0.244 e. The van der Waals surface area contributed by atoms with E-state index in [1.807, 2.05) is 24.3 Å². The maximum absolute atomic E-state index is 13.7. The summed E-state index contributed by atoms with van der Waals surface area (Å²) in [4.78, 5) is 28.2. The number of methoxy groups -OCH3 is 1. The number of amides is 2. The van der Waals surface area contributed by atoms with Crippen molar-refractivity contribution in [3.63, 3.8) is 0 Å². The van der Waals surface area contributed by atoms with Gasteiger partial charge in [0.25, 0.3) is 0 Å². The Morgan fingerprint density at radius 3 is 2.39 bits per heavy atom. The minimum Gasteiger partial charge on any atom is -0.495 e. The standard InChI is InChI=1S/C25H31BrClN3O5S/c1-17(25(32)28-21-6-4-5-7-21)29(15-18-8-10-19(26)11-9-18)24(31)16-30(36(3,33)34)22-14-20(27)12-13-23(22)35-2/h8-14,17,21H,4-7,15-16H2,1-3H3,(H,28,32)/t17-/m0/s1. The van der Waals surface area contributed by atoms with E-state index < -0.39 is 28.5 Å². The van der Waals surface area contributed by atoms with Crippen molar-refractivity contribution in [1.82, 2.24) is 10.2 Å². The van der Waals surface area contributed by atoms with Crippen LogP contribution in [0.3, 0.4) is 0 Å². The Morgan fingerprint density at radius 1 is 1.17 bits per heavy atom. The fourth-order valence-corrected chi connectivity index (χ4v) is 5.49. The van der Waals surface area contributed by atoms with Crippen molar-refractivity contribution in [2.45, 2.75) is 51.2 Å². The molecule has 0 radical (unpaired) electrons. The quantitative estimate of drug-likeness (QED) is 0.437. The molecule has 0 heterocycles. The number of nitrogens with zero attached hydrogens (tertiary/aromatic N) is 2. The molecule has 0 unspecified atom stereocenters. The summed E-state index contributed by atoms with van der Waals surface area (Å²) in [5.74, 6) is -0.540. The maximum Gasteiger partial charge on any atom is 0.244 e. The summed E-state index contributed by atoms with van der Waals surface area (Å²) in [6.45, 7) is 1.27. The average molecular weight is 601 g/mol. The molecule has 2 amide bonds. The summed E-state index contributed by atoms with van der Waals surface area (Å²) in [7, 11) is -2.49. The van der Waals surface area contributed by atoms with Gasteiger partial charge in [0, 0.05) is 22.1 Å². The molecule has 1 saturated carbocycles. The summed E-state index contributed by atoms with van der Waals surface area (Å²) >= 11 is 9.53. The molecule has 1 aliphatic rings. The number of anilines is 1. The molecule has 11 heteroatoms. The number of halogens is 2. The molecule has 0 bridgehead atoms. The lowest BCUT2D eigenvalue weighted by Gasteiger charge is -2.32. The van der Waals surface area contributed by atoms with Crippen molar-refractivity contribution in [3.8, 4) is 5.75 Å². The van der Waals surface area contributed by atoms with E-state index in [9.17, 15) is 18.0 Å². The number of benzene rings is 2. The molecule has 0 saturated heterocycles. The molecule has 1 atom stereocenters. The SMILES string of the molecule is COc1ccc(Cl)cc1N(CC(=O)N(Cc1ccc(Br)cc1)[C@@H](C)C(=O)NC1CCCC1)S(C)(=O)=O. The average Bonchev–Trinajstić information content (AvgIpc) is 3.33. The number of hydrogen-bond acceptors (Lipinski definition) is 5. The van der Waals surface area contributed by atoms with Crippen molar-refractivity contribution in [1.29, 1.82) is 0 Å². The molecule has 36 heavy (non-hydrogen) atoms. The second-order valence-electron chi connectivity index (χ2n) is 8.90. The molecule has 1 N–H and O–H groups in total. The van der Waals surface area contributed by atoms with Gasteiger partial charge in [-0.1, -0.05) is 52.5 Å². The second-order valence-corrected chi connectivity index (χ2v) is 12.2. The van der Waals surface area contributed by atoms with Gasteiger partial charge in [0.05, 0.1) is 19.1 Å². The summed E-state index contributed by atoms with van der Waals surface area (Å²) in [6, 6.07) is 11.2. The molecule has 196 valence electrons. The van der Waals surface area contributed by atoms with E-state index in [1.54, 1.807) is 13.0 Å². The van der Waals surface area contributed by atoms with Crippen LogP contribution in [0, 0.1) is 0 Å². The number of hydrogen-bond donors (Lipinski definition) is 1. The van der Waals surface area contributed by atoms with Crippen molar-refractivity contribution in [3.05, 3.63) is 57.5 Å². The molecule has 2 aromatic rings. The largest absolute Gasteiger partial charge is 0.495 e. The van der Waals surface area contributed by atoms with Crippen molar-refractivity contribution >= 4 is 55.1 Å². The Labute approximate surface area is 226 Å². The number of rotatable bonds is 10. The lowest BCUT2D eigenvalue weighted by molar-refractivity contribution is -0.139. The van der Waals surface area contributed by atoms with Crippen LogP contribution in [0.15, 0.2) is 46.9 Å². The van der Waals surface area contributed by atoms with Crippen LogP contribution in [0.25, 0.3) is 0 Å². The van der Waals surface area contributed by atoms with Crippen LogP contribution in [-0.2, 0) is 26.2 Å².